The SMILES string of the molecule is Cc1nc(N2CCN(C(=O)[C@@H](N)CC(C)C)CC2)c2cnn(C)c2n1.Cl.Cl. The fourth-order valence-electron chi connectivity index (χ4n) is 3.34. The molecular formula is C17H29Cl2N7O. The van der Waals surface area contributed by atoms with Crippen LogP contribution in [0.5, 0.6) is 0 Å². The zero-order valence-electron chi connectivity index (χ0n) is 16.3. The van der Waals surface area contributed by atoms with E-state index in [0.717, 1.165) is 42.2 Å². The second-order valence-electron chi connectivity index (χ2n) is 7.15. The standard InChI is InChI=1S/C17H27N7O.2ClH/c1-11(2)9-14(18)17(25)24-7-5-23(6-8-24)16-13-10-19-22(4)15(13)20-12(3)21-16;;/h10-11,14H,5-9,18H2,1-4H3;2*1H/t14-;;/m0../s1. The molecule has 1 amide bonds. The quantitative estimate of drug-likeness (QED) is 0.810. The minimum absolute atomic E-state index is 0. The van der Waals surface area contributed by atoms with Crippen molar-refractivity contribution in [3.63, 3.8) is 0 Å². The molecule has 0 saturated carbocycles. The molecule has 1 fully saturated rings. The van der Waals surface area contributed by atoms with Gasteiger partial charge in [0.25, 0.3) is 0 Å². The highest BCUT2D eigenvalue weighted by molar-refractivity contribution is 5.87. The molecule has 0 aromatic carbocycles. The Balaban J connectivity index is 0.00000182. The maximum Gasteiger partial charge on any atom is 0.239 e. The van der Waals surface area contributed by atoms with Crippen molar-refractivity contribution in [3.05, 3.63) is 12.0 Å². The van der Waals surface area contributed by atoms with Crippen LogP contribution >= 0.6 is 24.8 Å². The molecule has 27 heavy (non-hydrogen) atoms. The molecule has 3 heterocycles. The number of fused-ring (bicyclic) bond motifs is 1. The van der Waals surface area contributed by atoms with E-state index in [4.69, 9.17) is 5.73 Å². The lowest BCUT2D eigenvalue weighted by atomic mass is 10.0. The van der Waals surface area contributed by atoms with Crippen LogP contribution in [0.3, 0.4) is 0 Å². The zero-order valence-corrected chi connectivity index (χ0v) is 17.9. The number of carbonyl (C=O) groups is 1. The van der Waals surface area contributed by atoms with Crippen LogP contribution in [0.1, 0.15) is 26.1 Å². The first kappa shape index (κ1) is 23.4. The molecule has 2 aromatic rings. The van der Waals surface area contributed by atoms with Gasteiger partial charge in [-0.2, -0.15) is 5.10 Å². The molecule has 2 N–H and O–H groups in total. The summed E-state index contributed by atoms with van der Waals surface area (Å²) in [7, 11) is 1.88. The van der Waals surface area contributed by atoms with E-state index in [-0.39, 0.29) is 30.7 Å². The Bertz CT molecular complexity index is 772. The topological polar surface area (TPSA) is 93.2 Å². The zero-order chi connectivity index (χ0) is 18.1. The van der Waals surface area contributed by atoms with Crippen LogP contribution in [0, 0.1) is 12.8 Å². The van der Waals surface area contributed by atoms with E-state index in [9.17, 15) is 4.79 Å². The number of amides is 1. The average Bonchev–Trinajstić information content (AvgIpc) is 2.94. The van der Waals surface area contributed by atoms with Gasteiger partial charge < -0.3 is 15.5 Å². The fourth-order valence-corrected chi connectivity index (χ4v) is 3.34. The molecule has 2 aromatic heterocycles. The van der Waals surface area contributed by atoms with Crippen molar-refractivity contribution >= 4 is 47.6 Å². The van der Waals surface area contributed by atoms with Crippen molar-refractivity contribution in [2.45, 2.75) is 33.2 Å². The molecule has 1 aliphatic heterocycles. The van der Waals surface area contributed by atoms with Crippen molar-refractivity contribution in [3.8, 4) is 0 Å². The molecule has 0 spiro atoms. The second kappa shape index (κ2) is 9.52. The number of anilines is 1. The van der Waals surface area contributed by atoms with E-state index in [1.54, 1.807) is 10.9 Å². The first-order valence-corrected chi connectivity index (χ1v) is 8.82. The Morgan fingerprint density at radius 3 is 2.41 bits per heavy atom. The van der Waals surface area contributed by atoms with Gasteiger partial charge in [-0.1, -0.05) is 13.8 Å². The highest BCUT2D eigenvalue weighted by atomic mass is 35.5. The largest absolute Gasteiger partial charge is 0.352 e. The molecule has 8 nitrogen and oxygen atoms in total. The van der Waals surface area contributed by atoms with Crippen LogP contribution in [0.4, 0.5) is 5.82 Å². The third-order valence-electron chi connectivity index (χ3n) is 4.62. The molecule has 152 valence electrons. The lowest BCUT2D eigenvalue weighted by Crippen LogP contribution is -2.53. The molecule has 1 atom stereocenters. The predicted molar refractivity (Wildman–Crippen MR) is 112 cm³/mol. The van der Waals surface area contributed by atoms with Gasteiger partial charge in [-0.25, -0.2) is 9.97 Å². The van der Waals surface area contributed by atoms with E-state index in [2.05, 4.69) is 33.8 Å². The number of aryl methyl sites for hydroxylation is 2. The minimum atomic E-state index is -0.405. The molecular weight excluding hydrogens is 389 g/mol. The van der Waals surface area contributed by atoms with Gasteiger partial charge in [-0.05, 0) is 19.3 Å². The minimum Gasteiger partial charge on any atom is -0.352 e. The van der Waals surface area contributed by atoms with Crippen LogP contribution < -0.4 is 10.6 Å². The number of hydrogen-bond donors (Lipinski definition) is 1. The van der Waals surface area contributed by atoms with E-state index in [0.29, 0.717) is 19.0 Å². The Kier molecular flexibility index (Phi) is 8.25. The van der Waals surface area contributed by atoms with Crippen molar-refractivity contribution in [1.29, 1.82) is 0 Å². The van der Waals surface area contributed by atoms with Crippen molar-refractivity contribution in [2.24, 2.45) is 18.7 Å². The smallest absolute Gasteiger partial charge is 0.239 e. The molecule has 3 rings (SSSR count). The van der Waals surface area contributed by atoms with Crippen LogP contribution in [0.2, 0.25) is 0 Å². The average molecular weight is 418 g/mol. The van der Waals surface area contributed by atoms with Crippen molar-refractivity contribution in [2.75, 3.05) is 31.1 Å². The molecule has 0 aliphatic carbocycles. The number of rotatable bonds is 4. The summed E-state index contributed by atoms with van der Waals surface area (Å²) in [5.41, 5.74) is 6.89. The van der Waals surface area contributed by atoms with Crippen LogP contribution in [0.15, 0.2) is 6.20 Å². The lowest BCUT2D eigenvalue weighted by Gasteiger charge is -2.36. The van der Waals surface area contributed by atoms with Crippen LogP contribution in [-0.4, -0.2) is 62.8 Å². The summed E-state index contributed by atoms with van der Waals surface area (Å²) in [6, 6.07) is -0.405. The summed E-state index contributed by atoms with van der Waals surface area (Å²) in [4.78, 5) is 25.7. The second-order valence-corrected chi connectivity index (χ2v) is 7.15. The monoisotopic (exact) mass is 417 g/mol. The van der Waals surface area contributed by atoms with Gasteiger partial charge in [0.1, 0.15) is 11.6 Å². The molecule has 10 heteroatoms. The summed E-state index contributed by atoms with van der Waals surface area (Å²) in [5.74, 6) is 2.10. The molecule has 1 saturated heterocycles. The van der Waals surface area contributed by atoms with E-state index in [1.807, 2.05) is 18.9 Å². The Morgan fingerprint density at radius 1 is 1.19 bits per heavy atom. The van der Waals surface area contributed by atoms with E-state index >= 15 is 0 Å². The third-order valence-corrected chi connectivity index (χ3v) is 4.62. The first-order chi connectivity index (χ1) is 11.9. The summed E-state index contributed by atoms with van der Waals surface area (Å²) in [6.07, 6.45) is 2.53. The van der Waals surface area contributed by atoms with Gasteiger partial charge in [0.2, 0.25) is 5.91 Å². The number of nitrogens with two attached hydrogens (primary N) is 1. The van der Waals surface area contributed by atoms with Gasteiger partial charge in [-0.3, -0.25) is 9.48 Å². The molecule has 0 bridgehead atoms. The number of nitrogens with zero attached hydrogens (tertiary/aromatic N) is 6. The summed E-state index contributed by atoms with van der Waals surface area (Å²) >= 11 is 0. The first-order valence-electron chi connectivity index (χ1n) is 8.82. The number of carbonyl (C=O) groups excluding carboxylic acids is 1. The highest BCUT2D eigenvalue weighted by Crippen LogP contribution is 2.24. The third kappa shape index (κ3) is 5.00. The van der Waals surface area contributed by atoms with E-state index < -0.39 is 6.04 Å². The van der Waals surface area contributed by atoms with Gasteiger partial charge in [0.15, 0.2) is 5.65 Å². The number of halogens is 2. The maximum atomic E-state index is 12.5. The number of hydrogen-bond acceptors (Lipinski definition) is 6. The molecule has 0 unspecified atom stereocenters. The number of aromatic nitrogens is 4. The Labute approximate surface area is 172 Å². The van der Waals surface area contributed by atoms with Gasteiger partial charge in [-0.15, -0.1) is 24.8 Å². The fraction of sp³-hybridized carbons (Fsp3) is 0.647. The summed E-state index contributed by atoms with van der Waals surface area (Å²) in [6.45, 7) is 8.86. The molecule has 0 radical (unpaired) electrons. The molecule has 1 aliphatic rings. The van der Waals surface area contributed by atoms with Crippen molar-refractivity contribution < 1.29 is 4.79 Å². The van der Waals surface area contributed by atoms with E-state index in [1.165, 1.54) is 0 Å². The number of piperazine rings is 1. The normalized spacial score (nSPS) is 15.5. The summed E-state index contributed by atoms with van der Waals surface area (Å²) < 4.78 is 1.76. The lowest BCUT2D eigenvalue weighted by molar-refractivity contribution is -0.133. The highest BCUT2D eigenvalue weighted by Gasteiger charge is 2.27. The van der Waals surface area contributed by atoms with Crippen LogP contribution in [0.25, 0.3) is 11.0 Å². The maximum absolute atomic E-state index is 12.5. The van der Waals surface area contributed by atoms with Crippen molar-refractivity contribution in [1.82, 2.24) is 24.6 Å². The van der Waals surface area contributed by atoms with Crippen LogP contribution in [-0.2, 0) is 11.8 Å². The van der Waals surface area contributed by atoms with Gasteiger partial charge in [0, 0.05) is 33.2 Å². The van der Waals surface area contributed by atoms with Gasteiger partial charge in [0.05, 0.1) is 17.6 Å². The van der Waals surface area contributed by atoms with Gasteiger partial charge >= 0.3 is 0 Å². The summed E-state index contributed by atoms with van der Waals surface area (Å²) in [5, 5.41) is 5.24. The predicted octanol–water partition coefficient (Wildman–Crippen LogP) is 1.54. The Morgan fingerprint density at radius 2 is 1.81 bits per heavy atom. The Hall–Kier alpha value is -1.64.